The number of hydrogen-bond acceptors (Lipinski definition) is 2. The average molecular weight is 425 g/mol. The van der Waals surface area contributed by atoms with E-state index in [2.05, 4.69) is 101 Å². The Hall–Kier alpha value is -4.50. The fourth-order valence-electron chi connectivity index (χ4n) is 4.91. The Balaban J connectivity index is 1.43. The highest BCUT2D eigenvalue weighted by atomic mass is 16.5. The van der Waals surface area contributed by atoms with E-state index >= 15 is 0 Å². The lowest BCUT2D eigenvalue weighted by molar-refractivity contribution is 0.477. The fraction of sp³-hybridized carbons (Fsp3) is 0. The second-order valence-corrected chi connectivity index (χ2v) is 8.32. The lowest BCUT2D eigenvalue weighted by Crippen LogP contribution is -2.15. The number of ether oxygens (including phenoxy) is 1. The van der Waals surface area contributed by atoms with E-state index in [-0.39, 0.29) is 0 Å². The van der Waals surface area contributed by atoms with Crippen LogP contribution in [0, 0.1) is 0 Å². The van der Waals surface area contributed by atoms with Gasteiger partial charge in [-0.1, -0.05) is 72.8 Å². The zero-order chi connectivity index (χ0) is 21.8. The van der Waals surface area contributed by atoms with E-state index in [4.69, 9.17) is 4.74 Å². The molecule has 0 fully saturated rings. The van der Waals surface area contributed by atoms with Crippen LogP contribution in [0.5, 0.6) is 11.5 Å². The summed E-state index contributed by atoms with van der Waals surface area (Å²) in [4.78, 5) is 5.92. The first-order valence-corrected chi connectivity index (χ1v) is 11.1. The Morgan fingerprint density at radius 2 is 1.24 bits per heavy atom. The first kappa shape index (κ1) is 18.1. The lowest BCUT2D eigenvalue weighted by Gasteiger charge is -2.33. The van der Waals surface area contributed by atoms with Crippen molar-refractivity contribution in [1.82, 2.24) is 4.98 Å². The number of H-pyrrole nitrogens is 1. The van der Waals surface area contributed by atoms with Crippen molar-refractivity contribution in [3.8, 4) is 22.6 Å². The number of anilines is 3. The molecule has 6 aromatic rings. The molecular weight excluding hydrogens is 404 g/mol. The van der Waals surface area contributed by atoms with E-state index in [1.807, 2.05) is 24.3 Å². The molecule has 1 aliphatic heterocycles. The number of fused-ring (bicyclic) bond motifs is 5. The highest BCUT2D eigenvalue weighted by Crippen LogP contribution is 2.50. The maximum Gasteiger partial charge on any atom is 0.151 e. The van der Waals surface area contributed by atoms with Gasteiger partial charge in [0.2, 0.25) is 0 Å². The molecule has 0 saturated heterocycles. The van der Waals surface area contributed by atoms with Gasteiger partial charge < -0.3 is 14.6 Å². The van der Waals surface area contributed by atoms with E-state index in [1.54, 1.807) is 0 Å². The van der Waals surface area contributed by atoms with Crippen molar-refractivity contribution in [2.24, 2.45) is 0 Å². The number of benzene rings is 5. The highest BCUT2D eigenvalue weighted by Gasteiger charge is 2.25. The molecule has 0 bridgehead atoms. The van der Waals surface area contributed by atoms with Crippen LogP contribution in [0.15, 0.2) is 115 Å². The molecule has 1 N–H and O–H groups in total. The number of aromatic amines is 1. The van der Waals surface area contributed by atoms with Gasteiger partial charge in [-0.3, -0.25) is 0 Å². The zero-order valence-corrected chi connectivity index (χ0v) is 17.8. The molecule has 0 atom stereocenters. The Labute approximate surface area is 191 Å². The molecule has 0 saturated carbocycles. The quantitative estimate of drug-likeness (QED) is 0.301. The molecule has 3 heteroatoms. The first-order chi connectivity index (χ1) is 16.4. The van der Waals surface area contributed by atoms with Crippen molar-refractivity contribution in [3.05, 3.63) is 115 Å². The summed E-state index contributed by atoms with van der Waals surface area (Å²) >= 11 is 0. The minimum atomic E-state index is 0.860. The third-order valence-corrected chi connectivity index (χ3v) is 6.39. The third-order valence-electron chi connectivity index (χ3n) is 6.39. The summed E-state index contributed by atoms with van der Waals surface area (Å²) in [6.45, 7) is 0. The van der Waals surface area contributed by atoms with E-state index in [1.165, 1.54) is 27.4 Å². The molecule has 156 valence electrons. The van der Waals surface area contributed by atoms with Gasteiger partial charge in [0.25, 0.3) is 0 Å². The second-order valence-electron chi connectivity index (χ2n) is 8.32. The third kappa shape index (κ3) is 2.76. The van der Waals surface area contributed by atoms with Gasteiger partial charge in [0.15, 0.2) is 11.5 Å². The molecule has 0 spiro atoms. The van der Waals surface area contributed by atoms with Crippen molar-refractivity contribution in [3.63, 3.8) is 0 Å². The maximum absolute atomic E-state index is 6.19. The molecule has 0 amide bonds. The van der Waals surface area contributed by atoms with Crippen molar-refractivity contribution in [2.45, 2.75) is 0 Å². The predicted molar refractivity (Wildman–Crippen MR) is 136 cm³/mol. The monoisotopic (exact) mass is 424 g/mol. The molecule has 0 unspecified atom stereocenters. The molecule has 3 nitrogen and oxygen atoms in total. The first-order valence-electron chi connectivity index (χ1n) is 11.1. The van der Waals surface area contributed by atoms with E-state index in [0.717, 1.165) is 34.1 Å². The van der Waals surface area contributed by atoms with Crippen LogP contribution in [0.2, 0.25) is 0 Å². The summed E-state index contributed by atoms with van der Waals surface area (Å²) in [7, 11) is 0. The minimum Gasteiger partial charge on any atom is -0.453 e. The number of para-hydroxylation sites is 6. The highest BCUT2D eigenvalue weighted by molar-refractivity contribution is 6.11. The van der Waals surface area contributed by atoms with E-state index in [0.29, 0.717) is 0 Å². The number of nitrogens with zero attached hydrogens (tertiary/aromatic N) is 1. The van der Waals surface area contributed by atoms with Gasteiger partial charge in [-0.2, -0.15) is 0 Å². The number of hydrogen-bond donors (Lipinski definition) is 1. The Kier molecular flexibility index (Phi) is 3.84. The maximum atomic E-state index is 6.19. The smallest absolute Gasteiger partial charge is 0.151 e. The Morgan fingerprint density at radius 1 is 0.576 bits per heavy atom. The van der Waals surface area contributed by atoms with E-state index in [9.17, 15) is 0 Å². The summed E-state index contributed by atoms with van der Waals surface area (Å²) in [5, 5.41) is 2.50. The normalized spacial score (nSPS) is 12.4. The lowest BCUT2D eigenvalue weighted by atomic mass is 10.0. The zero-order valence-electron chi connectivity index (χ0n) is 17.8. The number of nitrogens with one attached hydrogen (secondary N) is 1. The fourth-order valence-corrected chi connectivity index (χ4v) is 4.91. The van der Waals surface area contributed by atoms with Gasteiger partial charge in [-0.15, -0.1) is 0 Å². The van der Waals surface area contributed by atoms with Crippen LogP contribution in [-0.4, -0.2) is 4.98 Å². The van der Waals surface area contributed by atoms with Crippen LogP contribution < -0.4 is 9.64 Å². The predicted octanol–water partition coefficient (Wildman–Crippen LogP) is 8.56. The van der Waals surface area contributed by atoms with Gasteiger partial charge in [-0.25, -0.2) is 0 Å². The summed E-state index contributed by atoms with van der Waals surface area (Å²) in [5.41, 5.74) is 7.87. The molecule has 0 radical (unpaired) electrons. The summed E-state index contributed by atoms with van der Waals surface area (Å²) in [6.07, 6.45) is 0. The molecule has 7 rings (SSSR count). The molecule has 33 heavy (non-hydrogen) atoms. The van der Waals surface area contributed by atoms with Crippen molar-refractivity contribution >= 4 is 38.9 Å². The van der Waals surface area contributed by atoms with Crippen molar-refractivity contribution in [1.29, 1.82) is 0 Å². The molecule has 2 heterocycles. The van der Waals surface area contributed by atoms with Crippen LogP contribution >= 0.6 is 0 Å². The van der Waals surface area contributed by atoms with Crippen molar-refractivity contribution < 1.29 is 4.74 Å². The SMILES string of the molecule is c1cc(-c2cccc3c2[nH]c2ccccc23)cc(N2c3ccccc3Oc3ccccc32)c1. The number of aromatic nitrogens is 1. The summed E-state index contributed by atoms with van der Waals surface area (Å²) < 4.78 is 6.19. The van der Waals surface area contributed by atoms with Crippen LogP contribution in [0.1, 0.15) is 0 Å². The Morgan fingerprint density at radius 3 is 2.06 bits per heavy atom. The second kappa shape index (κ2) is 7.01. The molecular formula is C30H20N2O. The standard InChI is InChI=1S/C30H20N2O/c1-2-14-25-23(11-1)24-13-8-12-22(30(24)31-25)20-9-7-10-21(19-20)32-26-15-3-5-17-28(26)33-29-18-6-4-16-27(29)32/h1-19,31H. The molecule has 1 aromatic heterocycles. The van der Waals surface area contributed by atoms with E-state index < -0.39 is 0 Å². The topological polar surface area (TPSA) is 28.3 Å². The number of rotatable bonds is 2. The van der Waals surface area contributed by atoms with Gasteiger partial charge in [0.1, 0.15) is 0 Å². The molecule has 1 aliphatic rings. The van der Waals surface area contributed by atoms with Gasteiger partial charge in [-0.05, 0) is 48.0 Å². The van der Waals surface area contributed by atoms with Gasteiger partial charge in [0, 0.05) is 27.5 Å². The average Bonchev–Trinajstić information content (AvgIpc) is 3.26. The van der Waals surface area contributed by atoms with Crippen LogP contribution in [-0.2, 0) is 0 Å². The van der Waals surface area contributed by atoms with Gasteiger partial charge in [0.05, 0.1) is 16.9 Å². The van der Waals surface area contributed by atoms with Crippen LogP contribution in [0.25, 0.3) is 32.9 Å². The van der Waals surface area contributed by atoms with Crippen LogP contribution in [0.3, 0.4) is 0 Å². The minimum absolute atomic E-state index is 0.860. The summed E-state index contributed by atoms with van der Waals surface area (Å²) in [6, 6.07) is 40.1. The Bertz CT molecular complexity index is 1620. The van der Waals surface area contributed by atoms with Gasteiger partial charge >= 0.3 is 0 Å². The van der Waals surface area contributed by atoms with Crippen molar-refractivity contribution in [2.75, 3.05) is 4.90 Å². The largest absolute Gasteiger partial charge is 0.453 e. The molecule has 0 aliphatic carbocycles. The summed E-state index contributed by atoms with van der Waals surface area (Å²) in [5.74, 6) is 1.72. The van der Waals surface area contributed by atoms with Crippen LogP contribution in [0.4, 0.5) is 17.1 Å². The molecule has 5 aromatic carbocycles.